The maximum atomic E-state index is 13.0. The molecule has 1 aromatic carbocycles. The van der Waals surface area contributed by atoms with E-state index in [0.717, 1.165) is 50.5 Å². The molecule has 1 aliphatic carbocycles. The molecule has 2 aliphatic heterocycles. The minimum Gasteiger partial charge on any atom is -0.381 e. The summed E-state index contributed by atoms with van der Waals surface area (Å²) >= 11 is 0. The van der Waals surface area contributed by atoms with Crippen molar-refractivity contribution in [2.75, 3.05) is 26.3 Å². The number of carbonyl (C=O) groups is 1. The fourth-order valence-corrected chi connectivity index (χ4v) is 5.07. The normalized spacial score (nSPS) is 29.7. The highest BCUT2D eigenvalue weighted by atomic mass is 19.4. The highest BCUT2D eigenvalue weighted by molar-refractivity contribution is 5.81. The summed E-state index contributed by atoms with van der Waals surface area (Å²) < 4.78 is 44.5. The lowest BCUT2D eigenvalue weighted by atomic mass is 9.96. The first-order valence-corrected chi connectivity index (χ1v) is 11.3. The molecule has 0 aromatic heterocycles. The van der Waals surface area contributed by atoms with Gasteiger partial charge in [0.25, 0.3) is 0 Å². The van der Waals surface area contributed by atoms with E-state index in [1.807, 2.05) is 11.0 Å². The molecule has 1 amide bonds. The van der Waals surface area contributed by atoms with Gasteiger partial charge in [0, 0.05) is 37.7 Å². The highest BCUT2D eigenvalue weighted by Gasteiger charge is 2.35. The van der Waals surface area contributed by atoms with Crippen molar-refractivity contribution >= 4 is 11.5 Å². The van der Waals surface area contributed by atoms with Crippen LogP contribution in [0.3, 0.4) is 0 Å². The summed E-state index contributed by atoms with van der Waals surface area (Å²) in [6.07, 6.45) is 1.94. The van der Waals surface area contributed by atoms with Crippen LogP contribution in [-0.2, 0) is 15.7 Å². The Labute approximate surface area is 181 Å². The van der Waals surface area contributed by atoms with Crippen LogP contribution in [0.2, 0.25) is 0 Å². The van der Waals surface area contributed by atoms with Crippen LogP contribution < -0.4 is 5.32 Å². The van der Waals surface area contributed by atoms with Gasteiger partial charge in [-0.1, -0.05) is 25.1 Å². The second-order valence-electron chi connectivity index (χ2n) is 9.16. The molecule has 1 saturated carbocycles. The number of benzene rings is 1. The van der Waals surface area contributed by atoms with Gasteiger partial charge in [0.1, 0.15) is 0 Å². The molecule has 1 saturated heterocycles. The third-order valence-corrected chi connectivity index (χ3v) is 6.95. The summed E-state index contributed by atoms with van der Waals surface area (Å²) in [6.45, 7) is 4.82. The molecule has 1 aromatic rings. The smallest absolute Gasteiger partial charge is 0.381 e. The van der Waals surface area contributed by atoms with Crippen LogP contribution in [0.1, 0.15) is 50.2 Å². The number of hydrogen-bond acceptors (Lipinski definition) is 3. The van der Waals surface area contributed by atoms with Gasteiger partial charge < -0.3 is 15.0 Å². The number of alkyl halides is 3. The Morgan fingerprint density at radius 1 is 1.23 bits per heavy atom. The van der Waals surface area contributed by atoms with Gasteiger partial charge in [0.2, 0.25) is 5.91 Å². The van der Waals surface area contributed by atoms with Gasteiger partial charge in [-0.05, 0) is 61.3 Å². The standard InChI is InChI=1S/C24H31F3N2O2/c1-16-15-31-12-9-22(16)28-21-6-5-19(14-21)23(30)29-10-7-17(8-11-29)18-3-2-4-20(13-18)24(25,26)27/h2-4,7,13,16,19,21-22,28H,5-6,8-12,14-15H2,1H3/t16?,19-,21?,22?/m0/s1. The quantitative estimate of drug-likeness (QED) is 0.756. The maximum Gasteiger partial charge on any atom is 0.416 e. The van der Waals surface area contributed by atoms with E-state index in [4.69, 9.17) is 4.74 Å². The molecule has 0 spiro atoms. The van der Waals surface area contributed by atoms with Crippen molar-refractivity contribution < 1.29 is 22.7 Å². The van der Waals surface area contributed by atoms with Crippen LogP contribution in [-0.4, -0.2) is 49.2 Å². The van der Waals surface area contributed by atoms with Crippen molar-refractivity contribution in [2.24, 2.45) is 11.8 Å². The van der Waals surface area contributed by atoms with E-state index in [9.17, 15) is 18.0 Å². The minimum atomic E-state index is -4.34. The van der Waals surface area contributed by atoms with Gasteiger partial charge in [-0.2, -0.15) is 13.2 Å². The molecular formula is C24H31F3N2O2. The predicted octanol–water partition coefficient (Wildman–Crippen LogP) is 4.50. The van der Waals surface area contributed by atoms with Gasteiger partial charge in [-0.25, -0.2) is 0 Å². The van der Waals surface area contributed by atoms with Crippen molar-refractivity contribution in [3.63, 3.8) is 0 Å². The number of amides is 1. The molecule has 3 aliphatic rings. The molecule has 1 N–H and O–H groups in total. The second kappa shape index (κ2) is 9.33. The van der Waals surface area contributed by atoms with Crippen LogP contribution in [0.25, 0.3) is 5.57 Å². The molecular weight excluding hydrogens is 405 g/mol. The number of nitrogens with one attached hydrogen (secondary N) is 1. The van der Waals surface area contributed by atoms with E-state index in [1.54, 1.807) is 6.07 Å². The number of hydrogen-bond donors (Lipinski definition) is 1. The fraction of sp³-hybridized carbons (Fsp3) is 0.625. The summed E-state index contributed by atoms with van der Waals surface area (Å²) in [5.41, 5.74) is 0.847. The van der Waals surface area contributed by atoms with Crippen LogP contribution in [0.4, 0.5) is 13.2 Å². The Bertz CT molecular complexity index is 823. The zero-order valence-corrected chi connectivity index (χ0v) is 18.0. The molecule has 170 valence electrons. The molecule has 4 nitrogen and oxygen atoms in total. The van der Waals surface area contributed by atoms with E-state index >= 15 is 0 Å². The van der Waals surface area contributed by atoms with Crippen molar-refractivity contribution in [1.82, 2.24) is 10.2 Å². The Hall–Kier alpha value is -1.86. The summed E-state index contributed by atoms with van der Waals surface area (Å²) in [5.74, 6) is 0.713. The Morgan fingerprint density at radius 3 is 2.77 bits per heavy atom. The number of nitrogens with zero attached hydrogens (tertiary/aromatic N) is 1. The SMILES string of the molecule is CC1COCCC1NC1CC[C@H](C(=O)N2CC=C(c3cccc(C(F)(F)F)c3)CC2)C1. The molecule has 4 atom stereocenters. The van der Waals surface area contributed by atoms with Gasteiger partial charge >= 0.3 is 6.18 Å². The molecule has 2 heterocycles. The number of rotatable bonds is 4. The Morgan fingerprint density at radius 2 is 2.06 bits per heavy atom. The van der Waals surface area contributed by atoms with Gasteiger partial charge in [-0.3, -0.25) is 4.79 Å². The summed E-state index contributed by atoms with van der Waals surface area (Å²) in [4.78, 5) is 14.9. The average molecular weight is 437 g/mol. The van der Waals surface area contributed by atoms with Crippen molar-refractivity contribution in [3.05, 3.63) is 41.5 Å². The number of ether oxygens (including phenoxy) is 1. The topological polar surface area (TPSA) is 41.6 Å². The van der Waals surface area contributed by atoms with E-state index in [1.165, 1.54) is 12.1 Å². The molecule has 0 radical (unpaired) electrons. The van der Waals surface area contributed by atoms with E-state index in [-0.39, 0.29) is 11.8 Å². The van der Waals surface area contributed by atoms with Gasteiger partial charge in [0.05, 0.1) is 12.2 Å². The van der Waals surface area contributed by atoms with Crippen molar-refractivity contribution in [3.8, 4) is 0 Å². The Kier molecular flexibility index (Phi) is 6.72. The van der Waals surface area contributed by atoms with Crippen LogP contribution >= 0.6 is 0 Å². The van der Waals surface area contributed by atoms with E-state index < -0.39 is 11.7 Å². The third kappa shape index (κ3) is 5.32. The zero-order chi connectivity index (χ0) is 22.0. The highest BCUT2D eigenvalue weighted by Crippen LogP contribution is 2.33. The zero-order valence-electron chi connectivity index (χ0n) is 18.0. The monoisotopic (exact) mass is 436 g/mol. The lowest BCUT2D eigenvalue weighted by Gasteiger charge is -2.32. The van der Waals surface area contributed by atoms with Crippen LogP contribution in [0.5, 0.6) is 0 Å². The summed E-state index contributed by atoms with van der Waals surface area (Å²) in [6, 6.07) is 6.29. The van der Waals surface area contributed by atoms with E-state index in [2.05, 4.69) is 12.2 Å². The third-order valence-electron chi connectivity index (χ3n) is 6.95. The molecule has 7 heteroatoms. The number of halogens is 3. The van der Waals surface area contributed by atoms with E-state index in [0.29, 0.717) is 43.1 Å². The largest absolute Gasteiger partial charge is 0.416 e. The van der Waals surface area contributed by atoms with Crippen LogP contribution in [0, 0.1) is 11.8 Å². The first-order chi connectivity index (χ1) is 14.8. The molecule has 31 heavy (non-hydrogen) atoms. The van der Waals surface area contributed by atoms with Crippen molar-refractivity contribution in [2.45, 2.75) is 57.3 Å². The lowest BCUT2D eigenvalue weighted by Crippen LogP contribution is -2.46. The molecule has 3 unspecified atom stereocenters. The maximum absolute atomic E-state index is 13.0. The molecule has 0 bridgehead atoms. The summed E-state index contributed by atoms with van der Waals surface area (Å²) in [7, 11) is 0. The minimum absolute atomic E-state index is 0.0381. The average Bonchev–Trinajstić information content (AvgIpc) is 3.23. The summed E-state index contributed by atoms with van der Waals surface area (Å²) in [5, 5.41) is 3.75. The second-order valence-corrected chi connectivity index (χ2v) is 9.16. The van der Waals surface area contributed by atoms with Gasteiger partial charge in [0.15, 0.2) is 0 Å². The predicted molar refractivity (Wildman–Crippen MR) is 113 cm³/mol. The fourth-order valence-electron chi connectivity index (χ4n) is 5.07. The van der Waals surface area contributed by atoms with Crippen LogP contribution in [0.15, 0.2) is 30.3 Å². The molecule has 4 rings (SSSR count). The first-order valence-electron chi connectivity index (χ1n) is 11.3. The first kappa shape index (κ1) is 22.3. The van der Waals surface area contributed by atoms with Gasteiger partial charge in [-0.15, -0.1) is 0 Å². The lowest BCUT2D eigenvalue weighted by molar-refractivity contribution is -0.137. The number of carbonyl (C=O) groups excluding carboxylic acids is 1. The Balaban J connectivity index is 1.32. The molecule has 2 fully saturated rings. The van der Waals surface area contributed by atoms with Crippen molar-refractivity contribution in [1.29, 1.82) is 0 Å².